The standard InChI is InChI=1S/C16H24O/c1-3-4-5-6-10-16(17)11-9-14-8-7-13(2)12-15(14)16/h7-8,12,17H,3-6,9-11H2,1-2H3. The molecule has 0 radical (unpaired) electrons. The van der Waals surface area contributed by atoms with Crippen LogP contribution in [-0.4, -0.2) is 5.11 Å². The maximum atomic E-state index is 10.8. The normalized spacial score (nSPS) is 22.8. The monoisotopic (exact) mass is 232 g/mol. The van der Waals surface area contributed by atoms with Crippen molar-refractivity contribution in [3.05, 3.63) is 34.9 Å². The van der Waals surface area contributed by atoms with Crippen LogP contribution in [0.15, 0.2) is 18.2 Å². The quantitative estimate of drug-likeness (QED) is 0.758. The topological polar surface area (TPSA) is 20.2 Å². The van der Waals surface area contributed by atoms with Crippen LogP contribution in [0.2, 0.25) is 0 Å². The van der Waals surface area contributed by atoms with Crippen LogP contribution in [0, 0.1) is 6.92 Å². The van der Waals surface area contributed by atoms with Crippen LogP contribution in [0.1, 0.15) is 62.1 Å². The first kappa shape index (κ1) is 12.6. The fraction of sp³-hybridized carbons (Fsp3) is 0.625. The minimum absolute atomic E-state index is 0.533. The summed E-state index contributed by atoms with van der Waals surface area (Å²) in [5, 5.41) is 10.8. The summed E-state index contributed by atoms with van der Waals surface area (Å²) in [7, 11) is 0. The predicted octanol–water partition coefficient (Wildman–Crippen LogP) is 4.10. The molecule has 0 aromatic heterocycles. The lowest BCUT2D eigenvalue weighted by atomic mass is 9.89. The Bertz CT molecular complexity index is 383. The summed E-state index contributed by atoms with van der Waals surface area (Å²) in [5.74, 6) is 0. The van der Waals surface area contributed by atoms with Crippen molar-refractivity contribution in [1.82, 2.24) is 0 Å². The maximum absolute atomic E-state index is 10.8. The summed E-state index contributed by atoms with van der Waals surface area (Å²) in [6.45, 7) is 4.33. The van der Waals surface area contributed by atoms with Crippen LogP contribution in [-0.2, 0) is 12.0 Å². The van der Waals surface area contributed by atoms with E-state index in [1.807, 2.05) is 0 Å². The van der Waals surface area contributed by atoms with Gasteiger partial charge in [-0.05, 0) is 37.3 Å². The van der Waals surface area contributed by atoms with Crippen molar-refractivity contribution in [3.63, 3.8) is 0 Å². The average molecular weight is 232 g/mol. The van der Waals surface area contributed by atoms with Crippen molar-refractivity contribution in [2.75, 3.05) is 0 Å². The average Bonchev–Trinajstić information content (AvgIpc) is 2.63. The third-order valence-electron chi connectivity index (χ3n) is 4.02. The molecule has 1 aliphatic rings. The van der Waals surface area contributed by atoms with Gasteiger partial charge in [-0.25, -0.2) is 0 Å². The van der Waals surface area contributed by atoms with E-state index < -0.39 is 5.60 Å². The van der Waals surface area contributed by atoms with Gasteiger partial charge >= 0.3 is 0 Å². The van der Waals surface area contributed by atoms with E-state index in [4.69, 9.17) is 0 Å². The molecule has 1 aromatic carbocycles. The molecule has 1 aliphatic carbocycles. The zero-order chi connectivity index (χ0) is 12.3. The number of benzene rings is 1. The summed E-state index contributed by atoms with van der Waals surface area (Å²) in [4.78, 5) is 0. The molecular weight excluding hydrogens is 208 g/mol. The molecule has 1 N–H and O–H groups in total. The van der Waals surface area contributed by atoms with E-state index in [0.29, 0.717) is 0 Å². The summed E-state index contributed by atoms with van der Waals surface area (Å²) in [6, 6.07) is 6.53. The molecular formula is C16H24O. The molecule has 0 spiro atoms. The zero-order valence-corrected chi connectivity index (χ0v) is 11.1. The highest BCUT2D eigenvalue weighted by atomic mass is 16.3. The number of aryl methyl sites for hydroxylation is 2. The molecule has 0 fully saturated rings. The van der Waals surface area contributed by atoms with Gasteiger partial charge in [0.05, 0.1) is 5.60 Å². The summed E-state index contributed by atoms with van der Waals surface area (Å²) >= 11 is 0. The Labute approximate surface area is 105 Å². The van der Waals surface area contributed by atoms with E-state index in [-0.39, 0.29) is 0 Å². The van der Waals surface area contributed by atoms with Gasteiger partial charge in [0.15, 0.2) is 0 Å². The number of unbranched alkanes of at least 4 members (excludes halogenated alkanes) is 3. The van der Waals surface area contributed by atoms with Crippen LogP contribution in [0.3, 0.4) is 0 Å². The SMILES string of the molecule is CCCCCCC1(O)CCc2ccc(C)cc21. The Morgan fingerprint density at radius 3 is 2.82 bits per heavy atom. The predicted molar refractivity (Wildman–Crippen MR) is 72.2 cm³/mol. The van der Waals surface area contributed by atoms with Crippen molar-refractivity contribution >= 4 is 0 Å². The van der Waals surface area contributed by atoms with Gasteiger partial charge in [0.25, 0.3) is 0 Å². The molecule has 0 aliphatic heterocycles. The minimum Gasteiger partial charge on any atom is -0.385 e. The van der Waals surface area contributed by atoms with E-state index in [0.717, 1.165) is 25.7 Å². The van der Waals surface area contributed by atoms with Gasteiger partial charge in [0.2, 0.25) is 0 Å². The van der Waals surface area contributed by atoms with Crippen molar-refractivity contribution in [3.8, 4) is 0 Å². The van der Waals surface area contributed by atoms with Crippen molar-refractivity contribution in [2.24, 2.45) is 0 Å². The van der Waals surface area contributed by atoms with Gasteiger partial charge in [-0.2, -0.15) is 0 Å². The van der Waals surface area contributed by atoms with Crippen LogP contribution in [0.25, 0.3) is 0 Å². The summed E-state index contributed by atoms with van der Waals surface area (Å²) in [5.41, 5.74) is 3.29. The molecule has 0 saturated heterocycles. The molecule has 0 amide bonds. The number of hydrogen-bond donors (Lipinski definition) is 1. The van der Waals surface area contributed by atoms with Gasteiger partial charge in [-0.1, -0.05) is 56.4 Å². The highest BCUT2D eigenvalue weighted by Crippen LogP contribution is 2.40. The molecule has 2 rings (SSSR count). The van der Waals surface area contributed by atoms with E-state index in [1.54, 1.807) is 0 Å². The van der Waals surface area contributed by atoms with Crippen LogP contribution in [0.5, 0.6) is 0 Å². The van der Waals surface area contributed by atoms with Crippen molar-refractivity contribution in [2.45, 2.75) is 64.4 Å². The van der Waals surface area contributed by atoms with E-state index in [1.165, 1.54) is 36.0 Å². The molecule has 0 saturated carbocycles. The van der Waals surface area contributed by atoms with Gasteiger partial charge in [-0.15, -0.1) is 0 Å². The maximum Gasteiger partial charge on any atom is 0.0902 e. The van der Waals surface area contributed by atoms with Gasteiger partial charge < -0.3 is 5.11 Å². The van der Waals surface area contributed by atoms with Crippen LogP contribution < -0.4 is 0 Å². The Balaban J connectivity index is 2.05. The van der Waals surface area contributed by atoms with E-state index >= 15 is 0 Å². The minimum atomic E-state index is -0.533. The van der Waals surface area contributed by atoms with Crippen molar-refractivity contribution < 1.29 is 5.11 Å². The lowest BCUT2D eigenvalue weighted by Gasteiger charge is -2.24. The lowest BCUT2D eigenvalue weighted by Crippen LogP contribution is -2.22. The zero-order valence-electron chi connectivity index (χ0n) is 11.1. The second-order valence-electron chi connectivity index (χ2n) is 5.50. The first-order valence-corrected chi connectivity index (χ1v) is 6.98. The molecule has 1 unspecified atom stereocenters. The Hall–Kier alpha value is -0.820. The van der Waals surface area contributed by atoms with Crippen molar-refractivity contribution in [1.29, 1.82) is 0 Å². The molecule has 0 bridgehead atoms. The van der Waals surface area contributed by atoms with Crippen LogP contribution >= 0.6 is 0 Å². The lowest BCUT2D eigenvalue weighted by molar-refractivity contribution is 0.0267. The third kappa shape index (κ3) is 2.71. The Morgan fingerprint density at radius 1 is 1.24 bits per heavy atom. The van der Waals surface area contributed by atoms with E-state index in [9.17, 15) is 5.11 Å². The van der Waals surface area contributed by atoms with Gasteiger partial charge in [0.1, 0.15) is 0 Å². The number of fused-ring (bicyclic) bond motifs is 1. The molecule has 94 valence electrons. The second-order valence-corrected chi connectivity index (χ2v) is 5.50. The van der Waals surface area contributed by atoms with Gasteiger partial charge in [-0.3, -0.25) is 0 Å². The molecule has 1 heteroatoms. The molecule has 17 heavy (non-hydrogen) atoms. The second kappa shape index (κ2) is 5.22. The molecule has 0 heterocycles. The first-order chi connectivity index (χ1) is 8.15. The third-order valence-corrected chi connectivity index (χ3v) is 4.02. The van der Waals surface area contributed by atoms with Gasteiger partial charge in [0, 0.05) is 0 Å². The summed E-state index contributed by atoms with van der Waals surface area (Å²) < 4.78 is 0. The smallest absolute Gasteiger partial charge is 0.0902 e. The largest absolute Gasteiger partial charge is 0.385 e. The first-order valence-electron chi connectivity index (χ1n) is 6.98. The summed E-state index contributed by atoms with van der Waals surface area (Å²) in [6.07, 6.45) is 7.84. The number of aliphatic hydroxyl groups is 1. The van der Waals surface area contributed by atoms with E-state index in [2.05, 4.69) is 32.0 Å². The van der Waals surface area contributed by atoms with Crippen LogP contribution in [0.4, 0.5) is 0 Å². The Kier molecular flexibility index (Phi) is 3.88. The fourth-order valence-electron chi connectivity index (χ4n) is 2.92. The molecule has 1 nitrogen and oxygen atoms in total. The molecule has 1 aromatic rings. The molecule has 1 atom stereocenters. The number of rotatable bonds is 5. The highest BCUT2D eigenvalue weighted by molar-refractivity contribution is 5.39. The number of hydrogen-bond acceptors (Lipinski definition) is 1. The fourth-order valence-corrected chi connectivity index (χ4v) is 2.92. The Morgan fingerprint density at radius 2 is 2.06 bits per heavy atom. The highest BCUT2D eigenvalue weighted by Gasteiger charge is 2.35.